The minimum atomic E-state index is -0.667. The second kappa shape index (κ2) is 21.6. The molecule has 1 aromatic heterocycles. The van der Waals surface area contributed by atoms with Crippen molar-refractivity contribution in [3.8, 4) is 6.07 Å². The van der Waals surface area contributed by atoms with Crippen molar-refractivity contribution in [2.75, 3.05) is 32.5 Å². The molecule has 246 valence electrons. The summed E-state index contributed by atoms with van der Waals surface area (Å²) in [5.74, 6) is 0.217. The number of carbonyl (C=O) groups is 3. The van der Waals surface area contributed by atoms with Crippen LogP contribution in [-0.2, 0) is 9.59 Å². The summed E-state index contributed by atoms with van der Waals surface area (Å²) in [7, 11) is 3.72. The molecule has 0 spiro atoms. The van der Waals surface area contributed by atoms with Crippen LogP contribution in [0.25, 0.3) is 10.9 Å². The van der Waals surface area contributed by atoms with Gasteiger partial charge >= 0.3 is 0 Å². The van der Waals surface area contributed by atoms with Gasteiger partial charge in [0, 0.05) is 23.7 Å². The Morgan fingerprint density at radius 2 is 1.69 bits per heavy atom. The molecule has 1 aliphatic heterocycles. The van der Waals surface area contributed by atoms with Gasteiger partial charge in [0.25, 0.3) is 0 Å². The van der Waals surface area contributed by atoms with Crippen LogP contribution in [0.15, 0.2) is 48.5 Å². The Hall–Kier alpha value is -4.10. The molecule has 0 radical (unpaired) electrons. The van der Waals surface area contributed by atoms with Crippen LogP contribution in [-0.4, -0.2) is 66.6 Å². The van der Waals surface area contributed by atoms with Gasteiger partial charge in [-0.25, -0.2) is 8.78 Å². The van der Waals surface area contributed by atoms with E-state index in [9.17, 15) is 23.2 Å². The minimum Gasteiger partial charge on any atom is -0.352 e. The molecule has 2 amide bonds. The summed E-state index contributed by atoms with van der Waals surface area (Å²) in [6.07, 6.45) is 9.47. The van der Waals surface area contributed by atoms with Crippen LogP contribution in [0.2, 0.25) is 0 Å². The van der Waals surface area contributed by atoms with E-state index in [0.29, 0.717) is 30.7 Å². The summed E-state index contributed by atoms with van der Waals surface area (Å²) >= 11 is 0. The number of fused-ring (bicyclic) bond motifs is 1. The SMILES string of the molecule is CC.CC1CC(C#N)N(C(=O)CN(C)C)C1.CC1CCCCC1.O=CNc1ccccc1.O=Cc1cc2c(F)cc(F)cc2[nH]1. The molecular formula is C35H49F2N5O3. The molecule has 5 rings (SSSR count). The van der Waals surface area contributed by atoms with Crippen LogP contribution in [0.1, 0.15) is 76.7 Å². The van der Waals surface area contributed by atoms with E-state index in [2.05, 4.69) is 30.2 Å². The van der Waals surface area contributed by atoms with E-state index < -0.39 is 11.6 Å². The first-order valence-electron chi connectivity index (χ1n) is 15.6. The third-order valence-corrected chi connectivity index (χ3v) is 7.12. The molecule has 1 aliphatic carbocycles. The number of aromatic nitrogens is 1. The lowest BCUT2D eigenvalue weighted by atomic mass is 9.91. The van der Waals surface area contributed by atoms with Gasteiger partial charge in [0.2, 0.25) is 12.3 Å². The number of hydrogen-bond donors (Lipinski definition) is 2. The van der Waals surface area contributed by atoms with Crippen LogP contribution in [0, 0.1) is 34.8 Å². The molecule has 2 heterocycles. The van der Waals surface area contributed by atoms with Gasteiger partial charge in [-0.3, -0.25) is 14.4 Å². The van der Waals surface area contributed by atoms with Gasteiger partial charge in [-0.15, -0.1) is 0 Å². The number of carbonyl (C=O) groups excluding carboxylic acids is 3. The molecule has 10 heteroatoms. The third kappa shape index (κ3) is 14.5. The smallest absolute Gasteiger partial charge is 0.237 e. The Balaban J connectivity index is 0.000000303. The van der Waals surface area contributed by atoms with Crippen LogP contribution in [0.5, 0.6) is 0 Å². The number of nitrogens with one attached hydrogen (secondary N) is 2. The third-order valence-electron chi connectivity index (χ3n) is 7.12. The van der Waals surface area contributed by atoms with E-state index in [-0.39, 0.29) is 23.0 Å². The Bertz CT molecular complexity index is 1330. The first-order valence-corrected chi connectivity index (χ1v) is 15.6. The van der Waals surface area contributed by atoms with E-state index in [0.717, 1.165) is 36.7 Å². The van der Waals surface area contributed by atoms with Crippen LogP contribution in [0.3, 0.4) is 0 Å². The van der Waals surface area contributed by atoms with Crippen LogP contribution in [0.4, 0.5) is 14.5 Å². The lowest BCUT2D eigenvalue weighted by molar-refractivity contribution is -0.131. The quantitative estimate of drug-likeness (QED) is 0.287. The molecule has 2 N–H and O–H groups in total. The normalized spacial score (nSPS) is 17.1. The first-order chi connectivity index (χ1) is 21.6. The molecular weight excluding hydrogens is 576 g/mol. The number of rotatable bonds is 5. The molecule has 1 saturated heterocycles. The molecule has 2 fully saturated rings. The zero-order valence-corrected chi connectivity index (χ0v) is 27.5. The number of amides is 2. The highest BCUT2D eigenvalue weighted by Gasteiger charge is 2.32. The van der Waals surface area contributed by atoms with Crippen molar-refractivity contribution in [2.45, 2.75) is 72.3 Å². The number of aromatic amines is 1. The second-order valence-corrected chi connectivity index (χ2v) is 11.3. The molecule has 2 unspecified atom stereocenters. The maximum absolute atomic E-state index is 13.0. The highest BCUT2D eigenvalue weighted by Crippen LogP contribution is 2.23. The summed E-state index contributed by atoms with van der Waals surface area (Å²) < 4.78 is 25.7. The van der Waals surface area contributed by atoms with Crippen molar-refractivity contribution in [3.05, 3.63) is 65.9 Å². The van der Waals surface area contributed by atoms with Gasteiger partial charge < -0.3 is 20.1 Å². The number of likely N-dealkylation sites (tertiary alicyclic amines) is 1. The minimum absolute atomic E-state index is 0.0610. The van der Waals surface area contributed by atoms with Gasteiger partial charge in [0.15, 0.2) is 6.29 Å². The first kappa shape index (κ1) is 38.9. The monoisotopic (exact) mass is 625 g/mol. The lowest BCUT2D eigenvalue weighted by Crippen LogP contribution is -2.40. The summed E-state index contributed by atoms with van der Waals surface area (Å²) in [5.41, 5.74) is 1.35. The number of H-pyrrole nitrogens is 1. The number of aldehydes is 1. The van der Waals surface area contributed by atoms with Crippen molar-refractivity contribution in [3.63, 3.8) is 0 Å². The number of hydrogen-bond acceptors (Lipinski definition) is 5. The van der Waals surface area contributed by atoms with Gasteiger partial charge in [-0.05, 0) is 56.6 Å². The predicted octanol–water partition coefficient (Wildman–Crippen LogP) is 7.43. The van der Waals surface area contributed by atoms with E-state index in [1.165, 1.54) is 38.2 Å². The Kier molecular flexibility index (Phi) is 18.7. The van der Waals surface area contributed by atoms with Gasteiger partial charge in [-0.1, -0.05) is 78.0 Å². The zero-order chi connectivity index (χ0) is 33.8. The molecule has 3 aromatic rings. The fourth-order valence-corrected chi connectivity index (χ4v) is 4.96. The number of nitriles is 1. The van der Waals surface area contributed by atoms with E-state index in [1.54, 1.807) is 4.90 Å². The number of likely N-dealkylation sites (N-methyl/N-ethyl adjacent to an activating group) is 1. The highest BCUT2D eigenvalue weighted by molar-refractivity contribution is 5.88. The topological polar surface area (TPSA) is 109 Å². The summed E-state index contributed by atoms with van der Waals surface area (Å²) in [4.78, 5) is 38.0. The van der Waals surface area contributed by atoms with Crippen LogP contribution < -0.4 is 5.32 Å². The number of nitrogens with zero attached hydrogens (tertiary/aromatic N) is 3. The Morgan fingerprint density at radius 3 is 2.20 bits per heavy atom. The fourth-order valence-electron chi connectivity index (χ4n) is 4.96. The molecule has 2 atom stereocenters. The molecule has 45 heavy (non-hydrogen) atoms. The number of anilines is 1. The number of para-hydroxylation sites is 1. The Labute approximate surface area is 266 Å². The highest BCUT2D eigenvalue weighted by atomic mass is 19.1. The lowest BCUT2D eigenvalue weighted by Gasteiger charge is -2.21. The van der Waals surface area contributed by atoms with E-state index >= 15 is 0 Å². The molecule has 2 aromatic carbocycles. The fraction of sp³-hybridized carbons (Fsp3) is 0.486. The second-order valence-electron chi connectivity index (χ2n) is 11.3. The summed E-state index contributed by atoms with van der Waals surface area (Å²) in [6, 6.07) is 14.5. The van der Waals surface area contributed by atoms with Crippen molar-refractivity contribution < 1.29 is 23.2 Å². The van der Waals surface area contributed by atoms with Crippen molar-refractivity contribution >= 4 is 35.2 Å². The molecule has 8 nitrogen and oxygen atoms in total. The molecule has 0 bridgehead atoms. The predicted molar refractivity (Wildman–Crippen MR) is 177 cm³/mol. The average molecular weight is 626 g/mol. The average Bonchev–Trinajstić information content (AvgIpc) is 3.63. The maximum Gasteiger partial charge on any atom is 0.237 e. The van der Waals surface area contributed by atoms with Gasteiger partial charge in [0.1, 0.15) is 17.7 Å². The summed E-state index contributed by atoms with van der Waals surface area (Å²) in [6.45, 7) is 9.56. The molecule has 1 saturated carbocycles. The van der Waals surface area contributed by atoms with Crippen molar-refractivity contribution in [1.29, 1.82) is 5.26 Å². The van der Waals surface area contributed by atoms with Crippen molar-refractivity contribution in [2.24, 2.45) is 11.8 Å². The standard InChI is InChI=1S/C10H17N3O.C9H5F2NO.C7H7NO.C7H14.C2H6/c1-8-4-9(5-11)13(6-8)10(14)7-12(2)3;10-5-1-8(11)7-3-6(4-13)12-9(7)2-5;9-6-8-7-4-2-1-3-5-7;1-7-5-3-2-4-6-7;1-2/h8-9H,4,6-7H2,1-3H3;1-4,12H;1-6H,(H,8,9);7H,2-6H2,1H3;1-2H3. The zero-order valence-electron chi connectivity index (χ0n) is 27.5. The van der Waals surface area contributed by atoms with Gasteiger partial charge in [0.05, 0.1) is 23.8 Å². The van der Waals surface area contributed by atoms with Gasteiger partial charge in [-0.2, -0.15) is 5.26 Å². The number of benzene rings is 2. The summed E-state index contributed by atoms with van der Waals surface area (Å²) in [5, 5.41) is 11.6. The van der Waals surface area contributed by atoms with Crippen molar-refractivity contribution in [1.82, 2.24) is 14.8 Å². The van der Waals surface area contributed by atoms with Crippen LogP contribution >= 0.6 is 0 Å². The van der Waals surface area contributed by atoms with E-state index in [1.807, 2.05) is 63.2 Å². The number of halogens is 2. The Morgan fingerprint density at radius 1 is 1.04 bits per heavy atom. The maximum atomic E-state index is 13.0. The molecule has 2 aliphatic rings. The van der Waals surface area contributed by atoms with E-state index in [4.69, 9.17) is 5.26 Å². The largest absolute Gasteiger partial charge is 0.352 e.